The summed E-state index contributed by atoms with van der Waals surface area (Å²) in [5, 5.41) is 9.35. The third-order valence-corrected chi connectivity index (χ3v) is 3.74. The summed E-state index contributed by atoms with van der Waals surface area (Å²) in [5.74, 6) is -0.156. The van der Waals surface area contributed by atoms with E-state index in [1.54, 1.807) is 23.1 Å². The molecule has 0 atom stereocenters. The summed E-state index contributed by atoms with van der Waals surface area (Å²) < 4.78 is 1.73. The number of aromatic nitrogens is 4. The molecule has 7 heteroatoms. The van der Waals surface area contributed by atoms with Gasteiger partial charge < -0.3 is 0 Å². The van der Waals surface area contributed by atoms with Gasteiger partial charge in [0.1, 0.15) is 12.7 Å². The van der Waals surface area contributed by atoms with Gasteiger partial charge in [-0.15, -0.1) is 11.3 Å². The van der Waals surface area contributed by atoms with Crippen molar-refractivity contribution >= 4 is 22.4 Å². The van der Waals surface area contributed by atoms with Crippen LogP contribution < -0.4 is 5.32 Å². The normalized spacial score (nSPS) is 10.5. The second-order valence-corrected chi connectivity index (χ2v) is 5.40. The molecule has 0 aliphatic heterocycles. The molecule has 1 amide bonds. The minimum atomic E-state index is -0.156. The largest absolute Gasteiger partial charge is 0.298 e. The Labute approximate surface area is 125 Å². The van der Waals surface area contributed by atoms with E-state index in [9.17, 15) is 4.79 Å². The standard InChI is InChI=1S/C14H13N5OS/c1-10-7-21-14(17-10)18-13(20)12-4-2-11(3-5-12)6-19-9-15-8-16-19/h2-5,7-9H,6H2,1H3,(H,17,18,20). The number of anilines is 1. The fourth-order valence-corrected chi connectivity index (χ4v) is 2.53. The van der Waals surface area contributed by atoms with Gasteiger partial charge in [0.25, 0.3) is 5.91 Å². The first kappa shape index (κ1) is 13.4. The average molecular weight is 299 g/mol. The second-order valence-electron chi connectivity index (χ2n) is 4.54. The number of nitrogens with zero attached hydrogens (tertiary/aromatic N) is 4. The molecule has 0 radical (unpaired) electrons. The van der Waals surface area contributed by atoms with Crippen LogP contribution in [-0.2, 0) is 6.54 Å². The quantitative estimate of drug-likeness (QED) is 0.802. The zero-order valence-corrected chi connectivity index (χ0v) is 12.2. The summed E-state index contributed by atoms with van der Waals surface area (Å²) in [5.41, 5.74) is 2.56. The molecule has 0 spiro atoms. The van der Waals surface area contributed by atoms with Gasteiger partial charge in [0.15, 0.2) is 5.13 Å². The Morgan fingerprint density at radius 2 is 2.14 bits per heavy atom. The van der Waals surface area contributed by atoms with E-state index in [1.165, 1.54) is 17.7 Å². The van der Waals surface area contributed by atoms with Gasteiger partial charge in [-0.1, -0.05) is 12.1 Å². The summed E-state index contributed by atoms with van der Waals surface area (Å²) in [7, 11) is 0. The van der Waals surface area contributed by atoms with Crippen molar-refractivity contribution in [2.75, 3.05) is 5.32 Å². The molecule has 0 unspecified atom stereocenters. The van der Waals surface area contributed by atoms with Crippen LogP contribution in [0.15, 0.2) is 42.3 Å². The summed E-state index contributed by atoms with van der Waals surface area (Å²) in [4.78, 5) is 20.2. The van der Waals surface area contributed by atoms with Crippen LogP contribution in [0.1, 0.15) is 21.6 Å². The highest BCUT2D eigenvalue weighted by Gasteiger charge is 2.08. The van der Waals surface area contributed by atoms with Crippen molar-refractivity contribution in [3.63, 3.8) is 0 Å². The molecule has 1 N–H and O–H groups in total. The van der Waals surface area contributed by atoms with E-state index in [1.807, 2.05) is 24.4 Å². The van der Waals surface area contributed by atoms with Gasteiger partial charge >= 0.3 is 0 Å². The molecule has 6 nitrogen and oxygen atoms in total. The van der Waals surface area contributed by atoms with Crippen LogP contribution in [0, 0.1) is 6.92 Å². The van der Waals surface area contributed by atoms with Crippen molar-refractivity contribution in [1.29, 1.82) is 0 Å². The number of hydrogen-bond acceptors (Lipinski definition) is 5. The van der Waals surface area contributed by atoms with Crippen LogP contribution in [0.5, 0.6) is 0 Å². The van der Waals surface area contributed by atoms with E-state index < -0.39 is 0 Å². The maximum atomic E-state index is 12.1. The molecular weight excluding hydrogens is 286 g/mol. The topological polar surface area (TPSA) is 72.7 Å². The van der Waals surface area contributed by atoms with E-state index >= 15 is 0 Å². The maximum Gasteiger partial charge on any atom is 0.257 e. The van der Waals surface area contributed by atoms with E-state index in [4.69, 9.17) is 0 Å². The third kappa shape index (κ3) is 3.32. The van der Waals surface area contributed by atoms with Crippen molar-refractivity contribution in [3.05, 3.63) is 59.1 Å². The van der Waals surface area contributed by atoms with E-state index in [0.29, 0.717) is 17.2 Å². The molecule has 3 aromatic rings. The lowest BCUT2D eigenvalue weighted by molar-refractivity contribution is 0.102. The zero-order valence-electron chi connectivity index (χ0n) is 11.4. The van der Waals surface area contributed by atoms with E-state index in [0.717, 1.165) is 11.3 Å². The van der Waals surface area contributed by atoms with Gasteiger partial charge in [-0.25, -0.2) is 14.6 Å². The van der Waals surface area contributed by atoms with Gasteiger partial charge in [0.2, 0.25) is 0 Å². The molecule has 2 heterocycles. The summed E-state index contributed by atoms with van der Waals surface area (Å²) >= 11 is 1.42. The molecule has 1 aromatic carbocycles. The van der Waals surface area contributed by atoms with E-state index in [2.05, 4.69) is 20.4 Å². The average Bonchev–Trinajstić information content (AvgIpc) is 3.12. The number of amides is 1. The molecule has 0 bridgehead atoms. The first-order valence-corrected chi connectivity index (χ1v) is 7.23. The minimum absolute atomic E-state index is 0.156. The van der Waals surface area contributed by atoms with Crippen molar-refractivity contribution in [3.8, 4) is 0 Å². The lowest BCUT2D eigenvalue weighted by Crippen LogP contribution is -2.11. The van der Waals surface area contributed by atoms with Crippen LogP contribution in [-0.4, -0.2) is 25.7 Å². The van der Waals surface area contributed by atoms with Gasteiger partial charge in [-0.3, -0.25) is 10.1 Å². The monoisotopic (exact) mass is 299 g/mol. The molecule has 106 valence electrons. The minimum Gasteiger partial charge on any atom is -0.298 e. The van der Waals surface area contributed by atoms with Crippen molar-refractivity contribution in [2.24, 2.45) is 0 Å². The van der Waals surface area contributed by atoms with Crippen molar-refractivity contribution in [1.82, 2.24) is 19.7 Å². The summed E-state index contributed by atoms with van der Waals surface area (Å²) in [6.45, 7) is 2.53. The molecule has 0 saturated heterocycles. The Morgan fingerprint density at radius 1 is 1.33 bits per heavy atom. The van der Waals surface area contributed by atoms with Crippen LogP contribution in [0.2, 0.25) is 0 Å². The molecule has 0 saturated carbocycles. The van der Waals surface area contributed by atoms with Crippen LogP contribution in [0.4, 0.5) is 5.13 Å². The number of thiazole rings is 1. The first-order chi connectivity index (χ1) is 10.2. The number of carbonyl (C=O) groups is 1. The predicted octanol–water partition coefficient (Wildman–Crippen LogP) is 2.34. The lowest BCUT2D eigenvalue weighted by atomic mass is 10.1. The molecule has 3 rings (SSSR count). The molecule has 0 aliphatic rings. The lowest BCUT2D eigenvalue weighted by Gasteiger charge is -2.04. The van der Waals surface area contributed by atoms with Gasteiger partial charge in [0, 0.05) is 10.9 Å². The Morgan fingerprint density at radius 3 is 2.76 bits per heavy atom. The molecular formula is C14H13N5OS. The Balaban J connectivity index is 1.67. The van der Waals surface area contributed by atoms with Gasteiger partial charge in [-0.05, 0) is 24.6 Å². The first-order valence-electron chi connectivity index (χ1n) is 6.35. The number of carbonyl (C=O) groups excluding carboxylic acids is 1. The van der Waals surface area contributed by atoms with Gasteiger partial charge in [-0.2, -0.15) is 5.10 Å². The molecule has 0 aliphatic carbocycles. The van der Waals surface area contributed by atoms with Gasteiger partial charge in [0.05, 0.1) is 12.2 Å². The zero-order chi connectivity index (χ0) is 14.7. The number of aryl methyl sites for hydroxylation is 1. The smallest absolute Gasteiger partial charge is 0.257 e. The number of rotatable bonds is 4. The fraction of sp³-hybridized carbons (Fsp3) is 0.143. The number of nitrogens with one attached hydrogen (secondary N) is 1. The van der Waals surface area contributed by atoms with Crippen LogP contribution in [0.3, 0.4) is 0 Å². The predicted molar refractivity (Wildman–Crippen MR) is 80.4 cm³/mol. The third-order valence-electron chi connectivity index (χ3n) is 2.87. The van der Waals surface area contributed by atoms with Crippen LogP contribution >= 0.6 is 11.3 Å². The summed E-state index contributed by atoms with van der Waals surface area (Å²) in [6.07, 6.45) is 3.16. The SMILES string of the molecule is Cc1csc(NC(=O)c2ccc(Cn3cncn3)cc2)n1. The fourth-order valence-electron chi connectivity index (χ4n) is 1.84. The summed E-state index contributed by atoms with van der Waals surface area (Å²) in [6, 6.07) is 7.40. The highest BCUT2D eigenvalue weighted by atomic mass is 32.1. The molecule has 21 heavy (non-hydrogen) atoms. The Bertz CT molecular complexity index is 733. The highest BCUT2D eigenvalue weighted by Crippen LogP contribution is 2.16. The van der Waals surface area contributed by atoms with Crippen molar-refractivity contribution in [2.45, 2.75) is 13.5 Å². The van der Waals surface area contributed by atoms with E-state index in [-0.39, 0.29) is 5.91 Å². The molecule has 2 aromatic heterocycles. The number of hydrogen-bond donors (Lipinski definition) is 1. The van der Waals surface area contributed by atoms with Crippen molar-refractivity contribution < 1.29 is 4.79 Å². The Hall–Kier alpha value is -2.54. The highest BCUT2D eigenvalue weighted by molar-refractivity contribution is 7.13. The Kier molecular flexibility index (Phi) is 3.74. The number of benzene rings is 1. The molecule has 0 fully saturated rings. The van der Waals surface area contributed by atoms with Crippen LogP contribution in [0.25, 0.3) is 0 Å². The second kappa shape index (κ2) is 5.84. The maximum absolute atomic E-state index is 12.1.